The highest BCUT2D eigenvalue weighted by Crippen LogP contribution is 2.24. The van der Waals surface area contributed by atoms with Crippen molar-refractivity contribution in [3.05, 3.63) is 35.4 Å². The second-order valence-corrected chi connectivity index (χ2v) is 7.97. The third kappa shape index (κ3) is 4.53. The van der Waals surface area contributed by atoms with Gasteiger partial charge < -0.3 is 5.73 Å². The van der Waals surface area contributed by atoms with Crippen LogP contribution in [-0.2, 0) is 22.3 Å². The molecular weight excluding hydrogens is 284 g/mol. The van der Waals surface area contributed by atoms with Gasteiger partial charge in [-0.3, -0.25) is 0 Å². The molecule has 1 aliphatic rings. The van der Waals surface area contributed by atoms with Crippen LogP contribution in [0.1, 0.15) is 49.7 Å². The van der Waals surface area contributed by atoms with E-state index in [9.17, 15) is 8.42 Å². The molecule has 0 aliphatic heterocycles. The van der Waals surface area contributed by atoms with Gasteiger partial charge in [-0.05, 0) is 24.0 Å². The minimum absolute atomic E-state index is 0.0633. The van der Waals surface area contributed by atoms with E-state index in [1.54, 1.807) is 11.4 Å². The zero-order chi connectivity index (χ0) is 15.3. The van der Waals surface area contributed by atoms with E-state index in [1.807, 2.05) is 24.3 Å². The summed E-state index contributed by atoms with van der Waals surface area (Å²) in [6.07, 6.45) is 6.68. The average Bonchev–Trinajstić information content (AvgIpc) is 2.75. The molecule has 0 spiro atoms. The maximum Gasteiger partial charge on any atom is 0.218 e. The van der Waals surface area contributed by atoms with Gasteiger partial charge in [-0.15, -0.1) is 0 Å². The van der Waals surface area contributed by atoms with E-state index in [4.69, 9.17) is 5.73 Å². The van der Waals surface area contributed by atoms with Gasteiger partial charge in [0.2, 0.25) is 10.0 Å². The highest BCUT2D eigenvalue weighted by atomic mass is 32.2. The number of sulfonamides is 1. The van der Waals surface area contributed by atoms with Gasteiger partial charge in [0.05, 0.1) is 5.75 Å². The second-order valence-electron chi connectivity index (χ2n) is 5.94. The summed E-state index contributed by atoms with van der Waals surface area (Å²) in [5.74, 6) is 0.0633. The van der Waals surface area contributed by atoms with Crippen LogP contribution in [0, 0.1) is 0 Å². The predicted molar refractivity (Wildman–Crippen MR) is 86.2 cm³/mol. The van der Waals surface area contributed by atoms with Crippen molar-refractivity contribution in [2.45, 2.75) is 56.9 Å². The number of nitrogens with zero attached hydrogens (tertiary/aromatic N) is 1. The molecule has 2 rings (SSSR count). The number of hydrogen-bond donors (Lipinski definition) is 1. The highest BCUT2D eigenvalue weighted by molar-refractivity contribution is 7.88. The van der Waals surface area contributed by atoms with Crippen LogP contribution in [-0.4, -0.2) is 25.8 Å². The van der Waals surface area contributed by atoms with Gasteiger partial charge >= 0.3 is 0 Å². The van der Waals surface area contributed by atoms with Gasteiger partial charge in [-0.2, -0.15) is 0 Å². The lowest BCUT2D eigenvalue weighted by atomic mass is 10.1. The number of hydrogen-bond acceptors (Lipinski definition) is 3. The Kier molecular flexibility index (Phi) is 5.79. The third-order valence-corrected chi connectivity index (χ3v) is 6.23. The molecule has 4 nitrogen and oxygen atoms in total. The molecule has 0 radical (unpaired) electrons. The Balaban J connectivity index is 2.09. The Morgan fingerprint density at radius 3 is 2.38 bits per heavy atom. The minimum atomic E-state index is -3.26. The lowest BCUT2D eigenvalue weighted by Gasteiger charge is -2.26. The molecule has 1 aliphatic carbocycles. The zero-order valence-electron chi connectivity index (χ0n) is 12.8. The van der Waals surface area contributed by atoms with Crippen LogP contribution in [0.4, 0.5) is 0 Å². The molecule has 1 aromatic rings. The maximum absolute atomic E-state index is 12.6. The predicted octanol–water partition coefficient (Wildman–Crippen LogP) is 2.63. The summed E-state index contributed by atoms with van der Waals surface area (Å²) >= 11 is 0. The summed E-state index contributed by atoms with van der Waals surface area (Å²) in [5.41, 5.74) is 7.41. The summed E-state index contributed by atoms with van der Waals surface area (Å²) in [6.45, 7) is 0.437. The largest absolute Gasteiger partial charge is 0.326 e. The van der Waals surface area contributed by atoms with Gasteiger partial charge in [-0.25, -0.2) is 12.7 Å². The van der Waals surface area contributed by atoms with Crippen molar-refractivity contribution in [2.24, 2.45) is 5.73 Å². The van der Waals surface area contributed by atoms with Crippen molar-refractivity contribution in [3.63, 3.8) is 0 Å². The molecule has 1 saturated carbocycles. The Labute approximate surface area is 128 Å². The van der Waals surface area contributed by atoms with E-state index in [0.29, 0.717) is 6.54 Å². The van der Waals surface area contributed by atoms with E-state index in [-0.39, 0.29) is 11.8 Å². The van der Waals surface area contributed by atoms with E-state index < -0.39 is 10.0 Å². The van der Waals surface area contributed by atoms with Gasteiger partial charge in [0, 0.05) is 19.6 Å². The first-order valence-electron chi connectivity index (χ1n) is 7.76. The number of rotatable bonds is 5. The fourth-order valence-corrected chi connectivity index (χ4v) is 4.48. The van der Waals surface area contributed by atoms with Crippen molar-refractivity contribution in [1.82, 2.24) is 4.31 Å². The van der Waals surface area contributed by atoms with E-state index in [0.717, 1.165) is 36.8 Å². The zero-order valence-corrected chi connectivity index (χ0v) is 13.6. The van der Waals surface area contributed by atoms with Gasteiger partial charge in [-0.1, -0.05) is 49.9 Å². The van der Waals surface area contributed by atoms with Crippen molar-refractivity contribution < 1.29 is 8.42 Å². The molecule has 0 saturated heterocycles. The van der Waals surface area contributed by atoms with E-state index >= 15 is 0 Å². The maximum atomic E-state index is 12.6. The SMILES string of the molecule is CN(C1CCCCCC1)S(=O)(=O)Cc1cccc(CN)c1. The molecular formula is C16H26N2O2S. The highest BCUT2D eigenvalue weighted by Gasteiger charge is 2.27. The molecule has 0 unspecified atom stereocenters. The van der Waals surface area contributed by atoms with Crippen LogP contribution in [0.5, 0.6) is 0 Å². The topological polar surface area (TPSA) is 63.4 Å². The number of benzene rings is 1. The van der Waals surface area contributed by atoms with Crippen LogP contribution in [0.25, 0.3) is 0 Å². The van der Waals surface area contributed by atoms with Crippen LogP contribution in [0.15, 0.2) is 24.3 Å². The average molecular weight is 310 g/mol. The second kappa shape index (κ2) is 7.38. The van der Waals surface area contributed by atoms with Gasteiger partial charge in [0.15, 0.2) is 0 Å². The molecule has 2 N–H and O–H groups in total. The monoisotopic (exact) mass is 310 g/mol. The van der Waals surface area contributed by atoms with Gasteiger partial charge in [0.25, 0.3) is 0 Å². The van der Waals surface area contributed by atoms with E-state index in [2.05, 4.69) is 0 Å². The molecule has 5 heteroatoms. The molecule has 1 fully saturated rings. The first-order chi connectivity index (χ1) is 10.0. The Morgan fingerprint density at radius 2 is 1.76 bits per heavy atom. The molecule has 118 valence electrons. The Bertz CT molecular complexity index is 549. The summed E-state index contributed by atoms with van der Waals surface area (Å²) in [5, 5.41) is 0. The Hall–Kier alpha value is -0.910. The first kappa shape index (κ1) is 16.5. The third-order valence-electron chi connectivity index (χ3n) is 4.35. The normalized spacial score (nSPS) is 17.9. The fraction of sp³-hybridized carbons (Fsp3) is 0.625. The number of nitrogens with two attached hydrogens (primary N) is 1. The fourth-order valence-electron chi connectivity index (χ4n) is 3.01. The molecule has 1 aromatic carbocycles. The van der Waals surface area contributed by atoms with Crippen molar-refractivity contribution >= 4 is 10.0 Å². The standard InChI is InChI=1S/C16H26N2O2S/c1-18(16-9-4-2-3-5-10-16)21(19,20)13-15-8-6-7-14(11-15)12-17/h6-8,11,16H,2-5,9-10,12-13,17H2,1H3. The lowest BCUT2D eigenvalue weighted by Crippen LogP contribution is -2.37. The van der Waals surface area contributed by atoms with Crippen LogP contribution < -0.4 is 5.73 Å². The van der Waals surface area contributed by atoms with Gasteiger partial charge in [0.1, 0.15) is 0 Å². The molecule has 0 aromatic heterocycles. The molecule has 0 amide bonds. The Morgan fingerprint density at radius 1 is 1.14 bits per heavy atom. The van der Waals surface area contributed by atoms with Crippen LogP contribution in [0.2, 0.25) is 0 Å². The van der Waals surface area contributed by atoms with Crippen molar-refractivity contribution in [2.75, 3.05) is 7.05 Å². The lowest BCUT2D eigenvalue weighted by molar-refractivity contribution is 0.335. The molecule has 0 atom stereocenters. The van der Waals surface area contributed by atoms with Crippen molar-refractivity contribution in [1.29, 1.82) is 0 Å². The van der Waals surface area contributed by atoms with Crippen molar-refractivity contribution in [3.8, 4) is 0 Å². The summed E-state index contributed by atoms with van der Waals surface area (Å²) < 4.78 is 26.8. The molecule has 21 heavy (non-hydrogen) atoms. The quantitative estimate of drug-likeness (QED) is 0.850. The van der Waals surface area contributed by atoms with E-state index in [1.165, 1.54) is 12.8 Å². The minimum Gasteiger partial charge on any atom is -0.326 e. The first-order valence-corrected chi connectivity index (χ1v) is 9.37. The summed E-state index contributed by atoms with van der Waals surface area (Å²) in [4.78, 5) is 0. The molecule has 0 bridgehead atoms. The summed E-state index contributed by atoms with van der Waals surface area (Å²) in [7, 11) is -1.53. The smallest absolute Gasteiger partial charge is 0.218 e. The van der Waals surface area contributed by atoms with Crippen LogP contribution in [0.3, 0.4) is 0 Å². The summed E-state index contributed by atoms with van der Waals surface area (Å²) in [6, 6.07) is 7.70. The van der Waals surface area contributed by atoms with Crippen LogP contribution >= 0.6 is 0 Å². The molecule has 0 heterocycles.